The fraction of sp³-hybridized carbons (Fsp3) is 0.588. The van der Waals surface area contributed by atoms with Gasteiger partial charge in [0.25, 0.3) is 0 Å². The predicted molar refractivity (Wildman–Crippen MR) is 90.3 cm³/mol. The molecule has 25 heavy (non-hydrogen) atoms. The van der Waals surface area contributed by atoms with E-state index in [-0.39, 0.29) is 12.0 Å². The van der Waals surface area contributed by atoms with Gasteiger partial charge in [-0.05, 0) is 25.7 Å². The lowest BCUT2D eigenvalue weighted by molar-refractivity contribution is 0.135. The highest BCUT2D eigenvalue weighted by atomic mass is 16.5. The Labute approximate surface area is 145 Å². The topological polar surface area (TPSA) is 91.8 Å². The summed E-state index contributed by atoms with van der Waals surface area (Å²) in [6.07, 6.45) is 7.33. The molecule has 0 aromatic carbocycles. The molecule has 4 rings (SSSR count). The second kappa shape index (κ2) is 6.42. The van der Waals surface area contributed by atoms with E-state index >= 15 is 0 Å². The van der Waals surface area contributed by atoms with Crippen molar-refractivity contribution in [1.29, 1.82) is 0 Å². The third-order valence-corrected chi connectivity index (χ3v) is 4.66. The van der Waals surface area contributed by atoms with E-state index in [9.17, 15) is 0 Å². The van der Waals surface area contributed by atoms with Crippen LogP contribution in [0.5, 0.6) is 5.88 Å². The molecule has 0 bridgehead atoms. The van der Waals surface area contributed by atoms with Crippen LogP contribution in [0, 0.1) is 0 Å². The van der Waals surface area contributed by atoms with Crippen LogP contribution < -0.4 is 4.74 Å². The minimum Gasteiger partial charge on any atom is -0.473 e. The van der Waals surface area contributed by atoms with E-state index in [1.54, 1.807) is 4.68 Å². The van der Waals surface area contributed by atoms with Crippen LogP contribution in [0.2, 0.25) is 0 Å². The molecular weight excluding hydrogens is 320 g/mol. The van der Waals surface area contributed by atoms with E-state index in [4.69, 9.17) is 9.26 Å². The summed E-state index contributed by atoms with van der Waals surface area (Å²) in [6, 6.07) is 0. The summed E-state index contributed by atoms with van der Waals surface area (Å²) >= 11 is 0. The Balaban J connectivity index is 1.41. The number of nitrogens with zero attached hydrogens (tertiary/aromatic N) is 6. The first kappa shape index (κ1) is 16.0. The summed E-state index contributed by atoms with van der Waals surface area (Å²) in [4.78, 5) is 13.0. The minimum absolute atomic E-state index is 0.129. The van der Waals surface area contributed by atoms with Crippen LogP contribution >= 0.6 is 0 Å². The monoisotopic (exact) mass is 342 g/mol. The van der Waals surface area contributed by atoms with Crippen LogP contribution in [0.4, 0.5) is 0 Å². The first-order valence-corrected chi connectivity index (χ1v) is 8.74. The first-order valence-electron chi connectivity index (χ1n) is 8.74. The molecule has 0 radical (unpaired) electrons. The van der Waals surface area contributed by atoms with Crippen LogP contribution in [0.3, 0.4) is 0 Å². The summed E-state index contributed by atoms with van der Waals surface area (Å²) in [7, 11) is 1.87. The van der Waals surface area contributed by atoms with E-state index in [2.05, 4.69) is 39.1 Å². The molecule has 132 valence electrons. The Bertz CT molecular complexity index is 863. The average Bonchev–Trinajstić information content (AvgIpc) is 3.22. The fourth-order valence-corrected chi connectivity index (χ4v) is 3.25. The lowest BCUT2D eigenvalue weighted by Crippen LogP contribution is -2.24. The third-order valence-electron chi connectivity index (χ3n) is 4.66. The Kier molecular flexibility index (Phi) is 4.10. The van der Waals surface area contributed by atoms with E-state index in [1.807, 2.05) is 13.2 Å². The van der Waals surface area contributed by atoms with Gasteiger partial charge in [-0.15, -0.1) is 0 Å². The Hall–Kier alpha value is -2.51. The molecule has 8 nitrogen and oxygen atoms in total. The molecule has 0 N–H and O–H groups in total. The summed E-state index contributed by atoms with van der Waals surface area (Å²) in [5.41, 5.74) is 1.51. The third kappa shape index (κ3) is 3.20. The molecule has 8 heteroatoms. The summed E-state index contributed by atoms with van der Waals surface area (Å²) < 4.78 is 13.3. The minimum atomic E-state index is 0.129. The second-order valence-corrected chi connectivity index (χ2v) is 6.95. The van der Waals surface area contributed by atoms with Gasteiger partial charge in [0, 0.05) is 18.9 Å². The lowest BCUT2D eigenvalue weighted by atomic mass is 9.87. The van der Waals surface area contributed by atoms with Crippen LogP contribution in [-0.2, 0) is 7.05 Å². The van der Waals surface area contributed by atoms with Crippen molar-refractivity contribution < 1.29 is 9.26 Å². The van der Waals surface area contributed by atoms with Crippen molar-refractivity contribution in [1.82, 2.24) is 29.9 Å². The van der Waals surface area contributed by atoms with Crippen LogP contribution in [0.1, 0.15) is 63.1 Å². The molecule has 1 aliphatic rings. The van der Waals surface area contributed by atoms with Gasteiger partial charge in [0.2, 0.25) is 11.8 Å². The van der Waals surface area contributed by atoms with Gasteiger partial charge in [0.05, 0.1) is 6.20 Å². The molecule has 3 aromatic heterocycles. The quantitative estimate of drug-likeness (QED) is 0.719. The van der Waals surface area contributed by atoms with E-state index < -0.39 is 0 Å². The highest BCUT2D eigenvalue weighted by Gasteiger charge is 2.28. The smallest absolute Gasteiger partial charge is 0.245 e. The average molecular weight is 342 g/mol. The molecule has 0 spiro atoms. The van der Waals surface area contributed by atoms with E-state index in [0.29, 0.717) is 17.3 Å². The number of aromatic nitrogens is 6. The van der Waals surface area contributed by atoms with Crippen molar-refractivity contribution in [3.63, 3.8) is 0 Å². The molecule has 1 aliphatic carbocycles. The van der Waals surface area contributed by atoms with Gasteiger partial charge in [-0.1, -0.05) is 19.0 Å². The molecule has 0 unspecified atom stereocenters. The van der Waals surface area contributed by atoms with Gasteiger partial charge in [-0.2, -0.15) is 15.1 Å². The van der Waals surface area contributed by atoms with Crippen LogP contribution in [0.25, 0.3) is 11.0 Å². The molecule has 0 atom stereocenters. The molecule has 3 heterocycles. The lowest BCUT2D eigenvalue weighted by Gasteiger charge is -2.26. The highest BCUT2D eigenvalue weighted by Crippen LogP contribution is 2.34. The molecule has 0 amide bonds. The summed E-state index contributed by atoms with van der Waals surface area (Å²) in [5, 5.41) is 8.46. The summed E-state index contributed by atoms with van der Waals surface area (Å²) in [6.45, 7) is 4.14. The Morgan fingerprint density at radius 2 is 2.00 bits per heavy atom. The van der Waals surface area contributed by atoms with Crippen molar-refractivity contribution in [2.45, 2.75) is 57.5 Å². The standard InChI is InChI=1S/C17H22N6O2/c1-10(2)15-20-16(25-22-15)11-4-6-12(7-5-11)24-17-14-13(18-9-19-17)8-23(3)21-14/h8-12H,4-7H2,1-3H3. The second-order valence-electron chi connectivity index (χ2n) is 6.95. The van der Waals surface area contributed by atoms with Gasteiger partial charge >= 0.3 is 0 Å². The fourth-order valence-electron chi connectivity index (χ4n) is 3.25. The number of hydrogen-bond acceptors (Lipinski definition) is 7. The largest absolute Gasteiger partial charge is 0.473 e. The zero-order valence-electron chi connectivity index (χ0n) is 14.7. The zero-order chi connectivity index (χ0) is 17.4. The number of hydrogen-bond donors (Lipinski definition) is 0. The zero-order valence-corrected chi connectivity index (χ0v) is 14.7. The Morgan fingerprint density at radius 1 is 1.20 bits per heavy atom. The molecule has 0 aliphatic heterocycles. The van der Waals surface area contributed by atoms with Crippen molar-refractivity contribution in [2.75, 3.05) is 0 Å². The van der Waals surface area contributed by atoms with Crippen molar-refractivity contribution in [3.8, 4) is 5.88 Å². The molecular formula is C17H22N6O2. The number of ether oxygens (including phenoxy) is 1. The number of rotatable bonds is 4. The maximum atomic E-state index is 6.12. The summed E-state index contributed by atoms with van der Waals surface area (Å²) in [5.74, 6) is 2.72. The van der Waals surface area contributed by atoms with Crippen molar-refractivity contribution in [2.24, 2.45) is 7.05 Å². The van der Waals surface area contributed by atoms with Gasteiger partial charge in [-0.3, -0.25) is 4.68 Å². The first-order chi connectivity index (χ1) is 12.1. The highest BCUT2D eigenvalue weighted by molar-refractivity contribution is 5.78. The number of aryl methyl sites for hydroxylation is 1. The maximum Gasteiger partial charge on any atom is 0.245 e. The van der Waals surface area contributed by atoms with Crippen molar-refractivity contribution in [3.05, 3.63) is 24.2 Å². The SMILES string of the molecule is CC(C)c1noc(C2CCC(Oc3ncnc4cn(C)nc34)CC2)n1. The molecule has 3 aromatic rings. The van der Waals surface area contributed by atoms with Gasteiger partial charge in [0.15, 0.2) is 11.3 Å². The van der Waals surface area contributed by atoms with Gasteiger partial charge < -0.3 is 9.26 Å². The molecule has 0 saturated heterocycles. The van der Waals surface area contributed by atoms with Crippen LogP contribution in [-0.4, -0.2) is 36.0 Å². The van der Waals surface area contributed by atoms with Crippen molar-refractivity contribution >= 4 is 11.0 Å². The Morgan fingerprint density at radius 3 is 2.72 bits per heavy atom. The maximum absolute atomic E-state index is 6.12. The van der Waals surface area contributed by atoms with E-state index in [0.717, 1.165) is 42.9 Å². The molecule has 1 fully saturated rings. The predicted octanol–water partition coefficient (Wildman–Crippen LogP) is 2.97. The normalized spacial score (nSPS) is 21.1. The number of fused-ring (bicyclic) bond motifs is 1. The van der Waals surface area contributed by atoms with Crippen LogP contribution in [0.15, 0.2) is 17.0 Å². The molecule has 1 saturated carbocycles. The van der Waals surface area contributed by atoms with Gasteiger partial charge in [0.1, 0.15) is 17.9 Å². The van der Waals surface area contributed by atoms with Gasteiger partial charge in [-0.25, -0.2) is 4.98 Å². The van der Waals surface area contributed by atoms with E-state index in [1.165, 1.54) is 6.33 Å².